The number of amides is 1. The van der Waals surface area contributed by atoms with Gasteiger partial charge in [-0.25, -0.2) is 9.18 Å². The summed E-state index contributed by atoms with van der Waals surface area (Å²) in [4.78, 5) is 21.6. The number of nitrogens with two attached hydrogens (primary N) is 2. The van der Waals surface area contributed by atoms with Crippen LogP contribution >= 0.6 is 0 Å². The molecule has 0 atom stereocenters. The van der Waals surface area contributed by atoms with Crippen LogP contribution in [-0.2, 0) is 11.2 Å². The van der Waals surface area contributed by atoms with E-state index in [4.69, 9.17) is 20.9 Å². The molecule has 2 aromatic carbocycles. The number of aromatic nitrogens is 4. The summed E-state index contributed by atoms with van der Waals surface area (Å²) in [6.45, 7) is 0. The molecule has 2 heterocycles. The van der Waals surface area contributed by atoms with Crippen LogP contribution in [0.15, 0.2) is 42.5 Å². The number of nitrogen functional groups attached to an aromatic ring is 2. The van der Waals surface area contributed by atoms with Gasteiger partial charge in [0.2, 0.25) is 0 Å². The fourth-order valence-electron chi connectivity index (χ4n) is 3.54. The van der Waals surface area contributed by atoms with E-state index in [1.807, 2.05) is 0 Å². The smallest absolute Gasteiger partial charge is 0.413 e. The molecule has 0 spiro atoms. The second-order valence-corrected chi connectivity index (χ2v) is 7.18. The number of carbonyl (C=O) groups is 1. The van der Waals surface area contributed by atoms with Gasteiger partial charge < -0.3 is 20.9 Å². The maximum absolute atomic E-state index is 14.3. The Morgan fingerprint density at radius 2 is 1.82 bits per heavy atom. The van der Waals surface area contributed by atoms with Gasteiger partial charge in [-0.3, -0.25) is 4.90 Å². The van der Waals surface area contributed by atoms with Gasteiger partial charge in [0.05, 0.1) is 25.4 Å². The van der Waals surface area contributed by atoms with Crippen LogP contribution in [0.4, 0.5) is 26.5 Å². The van der Waals surface area contributed by atoms with Crippen molar-refractivity contribution in [1.82, 2.24) is 19.7 Å². The third-order valence-corrected chi connectivity index (χ3v) is 5.18. The number of carbonyl (C=O) groups excluding carboxylic acids is 1. The molecule has 0 saturated heterocycles. The molecule has 2 aromatic heterocycles. The van der Waals surface area contributed by atoms with Crippen LogP contribution < -0.4 is 21.1 Å². The van der Waals surface area contributed by atoms with Gasteiger partial charge >= 0.3 is 6.09 Å². The Labute approximate surface area is 188 Å². The molecular weight excluding hydrogens is 429 g/mol. The fraction of sp³-hybridized carbons (Fsp3) is 0.182. The van der Waals surface area contributed by atoms with Gasteiger partial charge in [0.1, 0.15) is 17.3 Å². The first-order valence-corrected chi connectivity index (χ1v) is 9.88. The highest BCUT2D eigenvalue weighted by Crippen LogP contribution is 2.31. The molecule has 0 aliphatic carbocycles. The lowest BCUT2D eigenvalue weighted by atomic mass is 10.1. The van der Waals surface area contributed by atoms with Crippen molar-refractivity contribution in [2.24, 2.45) is 0 Å². The Morgan fingerprint density at radius 3 is 2.45 bits per heavy atom. The number of benzene rings is 2. The summed E-state index contributed by atoms with van der Waals surface area (Å²) in [5.74, 6) is 0.327. The molecule has 170 valence electrons. The van der Waals surface area contributed by atoms with Crippen molar-refractivity contribution in [2.75, 3.05) is 37.6 Å². The molecule has 4 N–H and O–H groups in total. The van der Waals surface area contributed by atoms with Gasteiger partial charge in [-0.15, -0.1) is 0 Å². The molecule has 0 aliphatic heterocycles. The lowest BCUT2D eigenvalue weighted by Crippen LogP contribution is -2.28. The zero-order chi connectivity index (χ0) is 23.7. The van der Waals surface area contributed by atoms with Crippen LogP contribution in [0.25, 0.3) is 16.9 Å². The van der Waals surface area contributed by atoms with E-state index < -0.39 is 6.09 Å². The number of methoxy groups -OCH3 is 2. The van der Waals surface area contributed by atoms with E-state index in [1.165, 1.54) is 24.9 Å². The Bertz CT molecular complexity index is 1330. The Hall–Kier alpha value is -4.41. The topological polar surface area (TPSA) is 134 Å². The molecule has 0 bridgehead atoms. The molecule has 0 saturated carbocycles. The number of rotatable bonds is 5. The van der Waals surface area contributed by atoms with E-state index in [9.17, 15) is 9.18 Å². The first-order valence-electron chi connectivity index (χ1n) is 9.88. The summed E-state index contributed by atoms with van der Waals surface area (Å²) in [6.07, 6.45) is -0.439. The van der Waals surface area contributed by atoms with Crippen molar-refractivity contribution < 1.29 is 18.7 Å². The van der Waals surface area contributed by atoms with E-state index in [1.54, 1.807) is 43.5 Å². The van der Waals surface area contributed by atoms with Crippen molar-refractivity contribution >= 4 is 34.3 Å². The van der Waals surface area contributed by atoms with Crippen LogP contribution in [0.3, 0.4) is 0 Å². The number of hydrogen-bond donors (Lipinski definition) is 2. The van der Waals surface area contributed by atoms with Gasteiger partial charge in [-0.2, -0.15) is 19.7 Å². The third-order valence-electron chi connectivity index (χ3n) is 5.18. The van der Waals surface area contributed by atoms with Crippen LogP contribution in [0.1, 0.15) is 11.3 Å². The molecule has 0 radical (unpaired) electrons. The number of anilines is 3. The Kier molecular flexibility index (Phi) is 5.69. The first-order chi connectivity index (χ1) is 15.8. The monoisotopic (exact) mass is 451 g/mol. The van der Waals surface area contributed by atoms with E-state index >= 15 is 0 Å². The van der Waals surface area contributed by atoms with Crippen molar-refractivity contribution in [3.63, 3.8) is 0 Å². The third kappa shape index (κ3) is 3.95. The van der Waals surface area contributed by atoms with E-state index in [0.29, 0.717) is 22.5 Å². The minimum Gasteiger partial charge on any atom is -0.497 e. The summed E-state index contributed by atoms with van der Waals surface area (Å²) in [5, 5.41) is 5.36. The van der Waals surface area contributed by atoms with Crippen LogP contribution in [0.5, 0.6) is 5.75 Å². The second kappa shape index (κ2) is 8.61. The van der Waals surface area contributed by atoms with E-state index in [-0.39, 0.29) is 35.5 Å². The highest BCUT2D eigenvalue weighted by Gasteiger charge is 2.22. The van der Waals surface area contributed by atoms with Gasteiger partial charge in [-0.1, -0.05) is 18.2 Å². The van der Waals surface area contributed by atoms with Gasteiger partial charge in [-0.05, 0) is 29.8 Å². The summed E-state index contributed by atoms with van der Waals surface area (Å²) in [5.41, 5.74) is 14.0. The molecule has 0 unspecified atom stereocenters. The van der Waals surface area contributed by atoms with Crippen molar-refractivity contribution in [3.8, 4) is 11.7 Å². The SMILES string of the molecule is COC(=O)N(C)c1c(N)nc(-n2nc(Cc3ccccc3F)c3cc(OC)ccc32)nc1N. The zero-order valence-electron chi connectivity index (χ0n) is 18.2. The molecule has 33 heavy (non-hydrogen) atoms. The Balaban J connectivity index is 1.86. The van der Waals surface area contributed by atoms with Crippen LogP contribution in [0.2, 0.25) is 0 Å². The molecule has 11 heteroatoms. The molecule has 10 nitrogen and oxygen atoms in total. The number of nitrogens with zero attached hydrogens (tertiary/aromatic N) is 5. The number of halogens is 1. The van der Waals surface area contributed by atoms with E-state index in [2.05, 4.69) is 15.1 Å². The van der Waals surface area contributed by atoms with Gasteiger partial charge in [0, 0.05) is 18.9 Å². The minimum atomic E-state index is -0.673. The molecule has 1 amide bonds. The van der Waals surface area contributed by atoms with Crippen molar-refractivity contribution in [2.45, 2.75) is 6.42 Å². The van der Waals surface area contributed by atoms with Crippen LogP contribution in [0, 0.1) is 5.82 Å². The highest BCUT2D eigenvalue weighted by molar-refractivity contribution is 5.94. The maximum atomic E-state index is 14.3. The predicted octanol–water partition coefficient (Wildman–Crippen LogP) is 2.92. The molecule has 4 rings (SSSR count). The van der Waals surface area contributed by atoms with E-state index in [0.717, 1.165) is 10.3 Å². The molecule has 0 fully saturated rings. The first kappa shape index (κ1) is 21.8. The number of hydrogen-bond acceptors (Lipinski definition) is 8. The summed E-state index contributed by atoms with van der Waals surface area (Å²) < 4.78 is 25.8. The number of ether oxygens (including phenoxy) is 2. The predicted molar refractivity (Wildman–Crippen MR) is 122 cm³/mol. The van der Waals surface area contributed by atoms with Crippen molar-refractivity contribution in [3.05, 3.63) is 59.5 Å². The highest BCUT2D eigenvalue weighted by atomic mass is 19.1. The van der Waals surface area contributed by atoms with Gasteiger partial charge in [0.15, 0.2) is 11.6 Å². The summed E-state index contributed by atoms with van der Waals surface area (Å²) >= 11 is 0. The fourth-order valence-corrected chi connectivity index (χ4v) is 3.54. The summed E-state index contributed by atoms with van der Waals surface area (Å²) in [6, 6.07) is 11.8. The molecule has 0 aliphatic rings. The maximum Gasteiger partial charge on any atom is 0.413 e. The normalized spacial score (nSPS) is 10.9. The molecular formula is C22H22FN7O3. The average molecular weight is 451 g/mol. The minimum absolute atomic E-state index is 0.0294. The summed E-state index contributed by atoms with van der Waals surface area (Å²) in [7, 11) is 4.24. The largest absolute Gasteiger partial charge is 0.497 e. The lowest BCUT2D eigenvalue weighted by molar-refractivity contribution is 0.180. The zero-order valence-corrected chi connectivity index (χ0v) is 18.2. The standard InChI is InChI=1S/C22H22FN7O3/c1-29(22(31)33-3)18-19(24)26-21(27-20(18)25)30-17-9-8-13(32-2)11-14(17)16(28-30)10-12-6-4-5-7-15(12)23/h4-9,11H,10H2,1-3H3,(H4,24,25,26,27). The van der Waals surface area contributed by atoms with Crippen molar-refractivity contribution in [1.29, 1.82) is 0 Å². The molecule has 4 aromatic rings. The van der Waals surface area contributed by atoms with Gasteiger partial charge in [0.25, 0.3) is 5.95 Å². The Morgan fingerprint density at radius 1 is 1.12 bits per heavy atom. The number of fused-ring (bicyclic) bond motifs is 1. The quantitative estimate of drug-likeness (QED) is 0.473. The lowest BCUT2D eigenvalue weighted by Gasteiger charge is -2.18. The average Bonchev–Trinajstić information content (AvgIpc) is 3.16. The van der Waals surface area contributed by atoms with Crippen LogP contribution in [-0.4, -0.2) is 47.1 Å². The second-order valence-electron chi connectivity index (χ2n) is 7.18.